The highest BCUT2D eigenvalue weighted by Gasteiger charge is 2.63. The minimum atomic E-state index is -0.896. The van der Waals surface area contributed by atoms with Crippen LogP contribution in [0.1, 0.15) is 57.0 Å². The largest absolute Gasteiger partial charge is 0.478 e. The highest BCUT2D eigenvalue weighted by Crippen LogP contribution is 2.59. The van der Waals surface area contributed by atoms with Gasteiger partial charge in [0, 0.05) is 10.8 Å². The molecule has 4 nitrogen and oxygen atoms in total. The van der Waals surface area contributed by atoms with Gasteiger partial charge in [-0.1, -0.05) is 32.9 Å². The maximum absolute atomic E-state index is 11.0. The third-order valence-electron chi connectivity index (χ3n) is 5.70. The number of benzene rings is 1. The van der Waals surface area contributed by atoms with Crippen molar-refractivity contribution in [1.82, 2.24) is 0 Å². The molecule has 1 saturated heterocycles. The van der Waals surface area contributed by atoms with Gasteiger partial charge < -0.3 is 14.6 Å². The molecule has 4 heteroatoms. The maximum Gasteiger partial charge on any atom is 0.335 e. The average molecular weight is 304 g/mol. The molecule has 3 atom stereocenters. The summed E-state index contributed by atoms with van der Waals surface area (Å²) in [5.41, 5.74) is 1.24. The van der Waals surface area contributed by atoms with Crippen molar-refractivity contribution in [3.05, 3.63) is 35.4 Å². The second kappa shape index (κ2) is 4.56. The first-order chi connectivity index (χ1) is 10.1. The fraction of sp³-hybridized carbons (Fsp3) is 0.611. The third-order valence-corrected chi connectivity index (χ3v) is 5.70. The first-order valence-electron chi connectivity index (χ1n) is 7.76. The molecule has 0 unspecified atom stereocenters. The molecule has 3 rings (SSSR count). The Morgan fingerprint density at radius 3 is 2.18 bits per heavy atom. The van der Waals surface area contributed by atoms with Crippen LogP contribution in [0.2, 0.25) is 0 Å². The summed E-state index contributed by atoms with van der Waals surface area (Å²) in [4.78, 5) is 11.0. The van der Waals surface area contributed by atoms with Crippen molar-refractivity contribution in [2.45, 2.75) is 64.4 Å². The van der Waals surface area contributed by atoms with Gasteiger partial charge in [-0.15, -0.1) is 0 Å². The summed E-state index contributed by atoms with van der Waals surface area (Å²) in [6.45, 7) is 10.6. The molecule has 0 aromatic heterocycles. The second-order valence-corrected chi connectivity index (χ2v) is 7.74. The summed E-state index contributed by atoms with van der Waals surface area (Å²) < 4.78 is 12.2. The van der Waals surface area contributed by atoms with Gasteiger partial charge in [-0.25, -0.2) is 4.79 Å². The van der Waals surface area contributed by atoms with Crippen LogP contribution in [0.5, 0.6) is 0 Å². The van der Waals surface area contributed by atoms with Gasteiger partial charge in [-0.3, -0.25) is 0 Å². The Morgan fingerprint density at radius 2 is 1.68 bits per heavy atom. The number of aromatic carboxylic acids is 1. The zero-order valence-corrected chi connectivity index (χ0v) is 13.8. The van der Waals surface area contributed by atoms with E-state index in [2.05, 4.69) is 20.8 Å². The van der Waals surface area contributed by atoms with E-state index in [9.17, 15) is 4.79 Å². The second-order valence-electron chi connectivity index (χ2n) is 7.74. The third kappa shape index (κ3) is 2.09. The van der Waals surface area contributed by atoms with Crippen LogP contribution in [0.15, 0.2) is 24.3 Å². The molecule has 1 heterocycles. The van der Waals surface area contributed by atoms with Crippen LogP contribution < -0.4 is 0 Å². The minimum Gasteiger partial charge on any atom is -0.478 e. The summed E-state index contributed by atoms with van der Waals surface area (Å²) in [5.74, 6) is -1.42. The van der Waals surface area contributed by atoms with Crippen molar-refractivity contribution < 1.29 is 19.4 Å². The lowest BCUT2D eigenvalue weighted by Crippen LogP contribution is -2.42. The molecule has 1 N–H and O–H groups in total. The number of hydrogen-bond acceptors (Lipinski definition) is 3. The molecule has 120 valence electrons. The van der Waals surface area contributed by atoms with Crippen molar-refractivity contribution in [1.29, 1.82) is 0 Å². The van der Waals surface area contributed by atoms with Gasteiger partial charge in [-0.05, 0) is 38.0 Å². The van der Waals surface area contributed by atoms with Crippen LogP contribution in [0, 0.1) is 5.41 Å². The fourth-order valence-corrected chi connectivity index (χ4v) is 4.05. The van der Waals surface area contributed by atoms with E-state index in [4.69, 9.17) is 14.6 Å². The Morgan fingerprint density at radius 1 is 1.09 bits per heavy atom. The van der Waals surface area contributed by atoms with Crippen molar-refractivity contribution in [3.63, 3.8) is 0 Å². The number of ether oxygens (including phenoxy) is 2. The highest BCUT2D eigenvalue weighted by atomic mass is 16.8. The Bertz CT molecular complexity index is 602. The predicted octanol–water partition coefficient (Wildman–Crippen LogP) is 3.59. The van der Waals surface area contributed by atoms with Crippen LogP contribution in [-0.2, 0) is 14.9 Å². The first-order valence-corrected chi connectivity index (χ1v) is 7.76. The van der Waals surface area contributed by atoms with Crippen LogP contribution in [-0.4, -0.2) is 29.1 Å². The number of rotatable bonds is 2. The summed E-state index contributed by atoms with van der Waals surface area (Å²) in [5, 5.41) is 9.06. The molecule has 0 spiro atoms. The lowest BCUT2D eigenvalue weighted by Gasteiger charge is -2.42. The van der Waals surface area contributed by atoms with Gasteiger partial charge in [-0.2, -0.15) is 0 Å². The van der Waals surface area contributed by atoms with Crippen molar-refractivity contribution in [3.8, 4) is 0 Å². The van der Waals surface area contributed by atoms with E-state index in [1.165, 1.54) is 0 Å². The summed E-state index contributed by atoms with van der Waals surface area (Å²) in [7, 11) is 0. The number of carboxylic acids is 1. The van der Waals surface area contributed by atoms with Crippen molar-refractivity contribution in [2.75, 3.05) is 0 Å². The van der Waals surface area contributed by atoms with E-state index < -0.39 is 11.8 Å². The predicted molar refractivity (Wildman–Crippen MR) is 83.0 cm³/mol. The number of carbonyl (C=O) groups is 1. The van der Waals surface area contributed by atoms with E-state index in [0.29, 0.717) is 5.56 Å². The normalized spacial score (nSPS) is 35.3. The van der Waals surface area contributed by atoms with Crippen molar-refractivity contribution >= 4 is 5.97 Å². The molecule has 1 saturated carbocycles. The van der Waals surface area contributed by atoms with Gasteiger partial charge in [0.1, 0.15) is 0 Å². The first kappa shape index (κ1) is 15.5. The van der Waals surface area contributed by atoms with Crippen LogP contribution in [0.4, 0.5) is 0 Å². The molecule has 2 aliphatic rings. The Kier molecular flexibility index (Phi) is 3.21. The zero-order valence-electron chi connectivity index (χ0n) is 13.8. The SMILES string of the molecule is CC1(C)O[C@H]2C[C@@](C)(c3ccc(C(=O)O)cc3)C(C)(C)[C@H]2O1. The lowest BCUT2D eigenvalue weighted by atomic mass is 9.64. The van der Waals surface area contributed by atoms with Crippen LogP contribution >= 0.6 is 0 Å². The van der Waals surface area contributed by atoms with Gasteiger partial charge in [0.05, 0.1) is 17.8 Å². The molecule has 22 heavy (non-hydrogen) atoms. The monoisotopic (exact) mass is 304 g/mol. The highest BCUT2D eigenvalue weighted by molar-refractivity contribution is 5.87. The average Bonchev–Trinajstić information content (AvgIpc) is 2.81. The van der Waals surface area contributed by atoms with E-state index in [-0.39, 0.29) is 23.0 Å². The van der Waals surface area contributed by atoms with Gasteiger partial charge >= 0.3 is 5.97 Å². The molecule has 1 aliphatic carbocycles. The topological polar surface area (TPSA) is 55.8 Å². The van der Waals surface area contributed by atoms with Crippen LogP contribution in [0.3, 0.4) is 0 Å². The molecular weight excluding hydrogens is 280 g/mol. The molecule has 1 aromatic rings. The molecule has 0 radical (unpaired) electrons. The van der Waals surface area contributed by atoms with E-state index in [0.717, 1.165) is 12.0 Å². The Balaban J connectivity index is 1.95. The molecular formula is C18H24O4. The number of carboxylic acid groups (broad SMARTS) is 1. The van der Waals surface area contributed by atoms with E-state index in [1.807, 2.05) is 26.0 Å². The van der Waals surface area contributed by atoms with E-state index >= 15 is 0 Å². The maximum atomic E-state index is 11.0. The number of hydrogen-bond donors (Lipinski definition) is 1. The molecule has 1 aromatic carbocycles. The lowest BCUT2D eigenvalue weighted by molar-refractivity contribution is -0.170. The van der Waals surface area contributed by atoms with Crippen molar-refractivity contribution in [2.24, 2.45) is 5.41 Å². The molecule has 2 fully saturated rings. The smallest absolute Gasteiger partial charge is 0.335 e. The molecule has 1 aliphatic heterocycles. The standard InChI is InChI=1S/C18H24O4/c1-16(2)14-13(21-17(3,4)22-14)10-18(16,5)12-8-6-11(7-9-12)15(19)20/h6-9,13-14H,10H2,1-5H3,(H,19,20)/t13-,14-,18-/m0/s1. The van der Waals surface area contributed by atoms with Gasteiger partial charge in [0.2, 0.25) is 0 Å². The zero-order chi connectivity index (χ0) is 16.3. The quantitative estimate of drug-likeness (QED) is 0.907. The Labute approximate surface area is 131 Å². The van der Waals surface area contributed by atoms with E-state index in [1.54, 1.807) is 12.1 Å². The molecule has 0 amide bonds. The van der Waals surface area contributed by atoms with Crippen LogP contribution in [0.25, 0.3) is 0 Å². The molecule has 0 bridgehead atoms. The fourth-order valence-electron chi connectivity index (χ4n) is 4.05. The van der Waals surface area contributed by atoms with Gasteiger partial charge in [0.25, 0.3) is 0 Å². The summed E-state index contributed by atoms with van der Waals surface area (Å²) >= 11 is 0. The number of fused-ring (bicyclic) bond motifs is 1. The van der Waals surface area contributed by atoms with Gasteiger partial charge in [0.15, 0.2) is 5.79 Å². The minimum absolute atomic E-state index is 0.0478. The summed E-state index contributed by atoms with van der Waals surface area (Å²) in [6.07, 6.45) is 1.00. The Hall–Kier alpha value is -1.39. The summed E-state index contributed by atoms with van der Waals surface area (Å²) in [6, 6.07) is 7.21.